The minimum Gasteiger partial charge on any atom is -0.465 e. The van der Waals surface area contributed by atoms with Crippen molar-refractivity contribution in [1.29, 1.82) is 0 Å². The fourth-order valence-electron chi connectivity index (χ4n) is 3.82. The lowest BCUT2D eigenvalue weighted by atomic mass is 9.72. The minimum atomic E-state index is -4.43. The van der Waals surface area contributed by atoms with Gasteiger partial charge in [0.25, 0.3) is 0 Å². The fourth-order valence-corrected chi connectivity index (χ4v) is 3.82. The van der Waals surface area contributed by atoms with Crippen LogP contribution in [0.15, 0.2) is 54.6 Å². The highest BCUT2D eigenvalue weighted by Crippen LogP contribution is 2.38. The predicted octanol–water partition coefficient (Wildman–Crippen LogP) is 4.51. The maximum absolute atomic E-state index is 13.2. The Kier molecular flexibility index (Phi) is 5.93. The van der Waals surface area contributed by atoms with Crippen molar-refractivity contribution >= 4 is 6.09 Å². The van der Waals surface area contributed by atoms with Crippen LogP contribution in [0.4, 0.5) is 18.0 Å². The molecule has 0 saturated carbocycles. The van der Waals surface area contributed by atoms with Crippen LogP contribution in [0, 0.1) is 0 Å². The van der Waals surface area contributed by atoms with E-state index in [0.717, 1.165) is 18.7 Å². The molecule has 1 saturated heterocycles. The van der Waals surface area contributed by atoms with Gasteiger partial charge in [-0.3, -0.25) is 4.90 Å². The molecule has 28 heavy (non-hydrogen) atoms. The zero-order valence-electron chi connectivity index (χ0n) is 15.4. The molecule has 0 radical (unpaired) electrons. The van der Waals surface area contributed by atoms with Gasteiger partial charge in [0.15, 0.2) is 0 Å². The third-order valence-electron chi connectivity index (χ3n) is 5.44. The first-order chi connectivity index (χ1) is 13.3. The summed E-state index contributed by atoms with van der Waals surface area (Å²) in [6.07, 6.45) is -4.42. The van der Waals surface area contributed by atoms with Crippen molar-refractivity contribution in [2.75, 3.05) is 19.6 Å². The standard InChI is InChI=1S/C21H23F3N2O2/c22-21(23,24)18-8-4-7-17(13-18)20(15-25-19(27)28)9-11-26(12-10-20)14-16-5-2-1-3-6-16/h1-8,13,25H,9-12,14-15H2,(H,27,28). The molecule has 150 valence electrons. The zero-order chi connectivity index (χ0) is 20.2. The Balaban J connectivity index is 1.79. The molecule has 1 amide bonds. The molecule has 4 nitrogen and oxygen atoms in total. The summed E-state index contributed by atoms with van der Waals surface area (Å²) in [5.74, 6) is 0. The average Bonchev–Trinajstić information content (AvgIpc) is 2.68. The van der Waals surface area contributed by atoms with E-state index in [0.29, 0.717) is 31.5 Å². The van der Waals surface area contributed by atoms with Gasteiger partial charge in [0.1, 0.15) is 0 Å². The molecule has 0 aliphatic carbocycles. The predicted molar refractivity (Wildman–Crippen MR) is 100 cm³/mol. The van der Waals surface area contributed by atoms with Gasteiger partial charge >= 0.3 is 12.3 Å². The second kappa shape index (κ2) is 8.22. The van der Waals surface area contributed by atoms with Crippen LogP contribution in [-0.2, 0) is 18.1 Å². The minimum absolute atomic E-state index is 0.100. The Hall–Kier alpha value is -2.54. The first-order valence-corrected chi connectivity index (χ1v) is 9.19. The first kappa shape index (κ1) is 20.2. The lowest BCUT2D eigenvalue weighted by molar-refractivity contribution is -0.137. The molecule has 7 heteroatoms. The summed E-state index contributed by atoms with van der Waals surface area (Å²) in [7, 11) is 0. The normalized spacial score (nSPS) is 17.2. The van der Waals surface area contributed by atoms with Gasteiger partial charge in [-0.15, -0.1) is 0 Å². The average molecular weight is 392 g/mol. The molecule has 0 unspecified atom stereocenters. The van der Waals surface area contributed by atoms with Gasteiger partial charge in [0, 0.05) is 18.5 Å². The molecular weight excluding hydrogens is 369 g/mol. The van der Waals surface area contributed by atoms with Crippen LogP contribution in [0.3, 0.4) is 0 Å². The van der Waals surface area contributed by atoms with Crippen LogP contribution >= 0.6 is 0 Å². The number of likely N-dealkylation sites (tertiary alicyclic amines) is 1. The van der Waals surface area contributed by atoms with Crippen molar-refractivity contribution in [1.82, 2.24) is 10.2 Å². The van der Waals surface area contributed by atoms with E-state index in [1.165, 1.54) is 11.6 Å². The van der Waals surface area contributed by atoms with Gasteiger partial charge in [-0.1, -0.05) is 48.5 Å². The quantitative estimate of drug-likeness (QED) is 0.787. The van der Waals surface area contributed by atoms with Gasteiger partial charge in [-0.25, -0.2) is 4.79 Å². The highest BCUT2D eigenvalue weighted by molar-refractivity contribution is 5.64. The highest BCUT2D eigenvalue weighted by atomic mass is 19.4. The number of piperidine rings is 1. The van der Waals surface area contributed by atoms with Gasteiger partial charge < -0.3 is 10.4 Å². The fraction of sp³-hybridized carbons (Fsp3) is 0.381. The molecule has 1 fully saturated rings. The van der Waals surface area contributed by atoms with E-state index in [4.69, 9.17) is 5.11 Å². The first-order valence-electron chi connectivity index (χ1n) is 9.19. The van der Waals surface area contributed by atoms with Crippen molar-refractivity contribution in [3.63, 3.8) is 0 Å². The summed E-state index contributed by atoms with van der Waals surface area (Å²) < 4.78 is 39.5. The molecule has 1 aliphatic rings. The van der Waals surface area contributed by atoms with Crippen LogP contribution in [0.1, 0.15) is 29.5 Å². The maximum atomic E-state index is 13.2. The number of carbonyl (C=O) groups is 1. The summed E-state index contributed by atoms with van der Waals surface area (Å²) in [6, 6.07) is 15.3. The van der Waals surface area contributed by atoms with Crippen molar-refractivity contribution < 1.29 is 23.1 Å². The van der Waals surface area contributed by atoms with Gasteiger partial charge in [-0.2, -0.15) is 13.2 Å². The molecular formula is C21H23F3N2O2. The molecule has 2 aromatic carbocycles. The van der Waals surface area contributed by atoms with Crippen LogP contribution < -0.4 is 5.32 Å². The molecule has 1 heterocycles. The number of nitrogens with one attached hydrogen (secondary N) is 1. The number of amides is 1. The lowest BCUT2D eigenvalue weighted by Crippen LogP contribution is -2.48. The molecule has 1 aliphatic heterocycles. The number of rotatable bonds is 5. The molecule has 3 rings (SSSR count). The SMILES string of the molecule is O=C(O)NCC1(c2cccc(C(F)(F)F)c2)CCN(Cc2ccccc2)CC1. The van der Waals surface area contributed by atoms with Crippen molar-refractivity contribution in [3.05, 3.63) is 71.3 Å². The maximum Gasteiger partial charge on any atom is 0.416 e. The Morgan fingerprint density at radius 3 is 2.36 bits per heavy atom. The molecule has 0 spiro atoms. The molecule has 2 aromatic rings. The third kappa shape index (κ3) is 4.84. The van der Waals surface area contributed by atoms with Crippen LogP contribution in [-0.4, -0.2) is 35.7 Å². The van der Waals surface area contributed by atoms with Gasteiger partial charge in [0.2, 0.25) is 0 Å². The number of hydrogen-bond donors (Lipinski definition) is 2. The number of nitrogens with zero attached hydrogens (tertiary/aromatic N) is 1. The van der Waals surface area contributed by atoms with Crippen molar-refractivity contribution in [3.8, 4) is 0 Å². The topological polar surface area (TPSA) is 52.6 Å². The Labute approximate surface area is 162 Å². The van der Waals surface area contributed by atoms with E-state index in [1.54, 1.807) is 6.07 Å². The molecule has 0 bridgehead atoms. The van der Waals surface area contributed by atoms with E-state index in [1.807, 2.05) is 30.3 Å². The Bertz CT molecular complexity index is 801. The number of alkyl halides is 3. The molecule has 2 N–H and O–H groups in total. The number of halogens is 3. The number of benzene rings is 2. The largest absolute Gasteiger partial charge is 0.465 e. The Morgan fingerprint density at radius 2 is 1.75 bits per heavy atom. The monoisotopic (exact) mass is 392 g/mol. The van der Waals surface area contributed by atoms with Crippen molar-refractivity contribution in [2.24, 2.45) is 0 Å². The van der Waals surface area contributed by atoms with Crippen LogP contribution in [0.2, 0.25) is 0 Å². The van der Waals surface area contributed by atoms with Gasteiger partial charge in [0.05, 0.1) is 5.56 Å². The Morgan fingerprint density at radius 1 is 1.07 bits per heavy atom. The number of hydrogen-bond acceptors (Lipinski definition) is 2. The van der Waals surface area contributed by atoms with Crippen LogP contribution in [0.5, 0.6) is 0 Å². The van der Waals surface area contributed by atoms with E-state index in [9.17, 15) is 18.0 Å². The highest BCUT2D eigenvalue weighted by Gasteiger charge is 2.38. The summed E-state index contributed by atoms with van der Waals surface area (Å²) in [5, 5.41) is 11.4. The second-order valence-corrected chi connectivity index (χ2v) is 7.28. The summed E-state index contributed by atoms with van der Waals surface area (Å²) in [4.78, 5) is 13.3. The summed E-state index contributed by atoms with van der Waals surface area (Å²) in [5.41, 5.74) is 0.368. The van der Waals surface area contributed by atoms with E-state index >= 15 is 0 Å². The smallest absolute Gasteiger partial charge is 0.416 e. The van der Waals surface area contributed by atoms with E-state index < -0.39 is 23.2 Å². The molecule has 0 aromatic heterocycles. The summed E-state index contributed by atoms with van der Waals surface area (Å²) in [6.45, 7) is 2.24. The zero-order valence-corrected chi connectivity index (χ0v) is 15.4. The van der Waals surface area contributed by atoms with Crippen LogP contribution in [0.25, 0.3) is 0 Å². The van der Waals surface area contributed by atoms with E-state index in [2.05, 4.69) is 10.2 Å². The molecule has 0 atom stereocenters. The lowest BCUT2D eigenvalue weighted by Gasteiger charge is -2.42. The third-order valence-corrected chi connectivity index (χ3v) is 5.44. The number of carboxylic acid groups (broad SMARTS) is 1. The van der Waals surface area contributed by atoms with Crippen molar-refractivity contribution in [2.45, 2.75) is 31.0 Å². The summed E-state index contributed by atoms with van der Waals surface area (Å²) >= 11 is 0. The van der Waals surface area contributed by atoms with Gasteiger partial charge in [-0.05, 0) is 43.1 Å². The van der Waals surface area contributed by atoms with E-state index in [-0.39, 0.29) is 6.54 Å². The second-order valence-electron chi connectivity index (χ2n) is 7.28.